The van der Waals surface area contributed by atoms with Crippen molar-refractivity contribution < 1.29 is 66.2 Å². The predicted molar refractivity (Wildman–Crippen MR) is 286 cm³/mol. The molecule has 9 rings (SSSR count). The average Bonchev–Trinajstić information content (AvgIpc) is 4.24. The van der Waals surface area contributed by atoms with E-state index < -0.39 is 83.7 Å². The summed E-state index contributed by atoms with van der Waals surface area (Å²) in [5.74, 6) is 2.09. The molecule has 5 heterocycles. The maximum Gasteiger partial charge on any atom is 0.399 e. The molecule has 5 aromatic rings. The molecule has 4 aromatic carbocycles. The fraction of sp³-hybridized carbons (Fsp3) is 0.368. The number of carbonyl (C=O) groups is 8. The Morgan fingerprint density at radius 1 is 0.911 bits per heavy atom. The number of ether oxygens (including phenoxy) is 1. The average molecular weight is 1120 g/mol. The van der Waals surface area contributed by atoms with Crippen LogP contribution in [0.3, 0.4) is 0 Å². The summed E-state index contributed by atoms with van der Waals surface area (Å²) in [4.78, 5) is 130. The molecular formula is C57H57F2N6O12PS. The van der Waals surface area contributed by atoms with Crippen LogP contribution in [0.1, 0.15) is 123 Å². The zero-order chi connectivity index (χ0) is 56.6. The molecular weight excluding hydrogens is 1060 g/mol. The summed E-state index contributed by atoms with van der Waals surface area (Å²) in [6.07, 6.45) is 2.68. The number of likely N-dealkylation sites (tertiary alicyclic amines) is 1. The minimum atomic E-state index is -5.86. The molecule has 4 atom stereocenters. The third kappa shape index (κ3) is 12.0. The Balaban J connectivity index is 0.854. The Labute approximate surface area is 457 Å². The quantitative estimate of drug-likeness (QED) is 0.0353. The predicted octanol–water partition coefficient (Wildman–Crippen LogP) is 6.36. The zero-order valence-corrected chi connectivity index (χ0v) is 45.1. The number of fused-ring (bicyclic) bond motifs is 3. The molecule has 8 amide bonds. The molecule has 22 heteroatoms. The Kier molecular flexibility index (Phi) is 16.1. The van der Waals surface area contributed by atoms with Gasteiger partial charge in [0.15, 0.2) is 6.61 Å². The van der Waals surface area contributed by atoms with Gasteiger partial charge in [-0.05, 0) is 102 Å². The van der Waals surface area contributed by atoms with Gasteiger partial charge in [-0.15, -0.1) is 11.3 Å². The van der Waals surface area contributed by atoms with Crippen molar-refractivity contribution in [2.45, 2.75) is 102 Å². The molecule has 0 radical (unpaired) electrons. The van der Waals surface area contributed by atoms with Crippen molar-refractivity contribution in [3.8, 4) is 17.6 Å². The van der Waals surface area contributed by atoms with Gasteiger partial charge >= 0.3 is 13.3 Å². The maximum atomic E-state index is 15.2. The number of imide groups is 2. The van der Waals surface area contributed by atoms with Crippen LogP contribution in [-0.2, 0) is 47.2 Å². The summed E-state index contributed by atoms with van der Waals surface area (Å²) >= 11 is 0.950. The molecule has 0 bridgehead atoms. The SMILES string of the molecule is CC(C)(C)[C@H](NC(=O)c1cc2cc(C(F)(F)P(=O)(O)O)ccc2s1)C(=O)N1Cc2cc(OCC(=O)NCCCC#Cc3ccc4c(c3)C(=O)N(C3CCC(=O)NC3=O)C4=O)ccc2C[C@H]1C(=O)N1CCC[C@H](c2ccccc2)C1. The number of halogens is 2. The van der Waals surface area contributed by atoms with Crippen LogP contribution >= 0.6 is 18.9 Å². The van der Waals surface area contributed by atoms with Crippen LogP contribution in [0.2, 0.25) is 0 Å². The van der Waals surface area contributed by atoms with E-state index in [0.29, 0.717) is 47.5 Å². The summed E-state index contributed by atoms with van der Waals surface area (Å²) in [5, 5.41) is 7.98. The number of carbonyl (C=O) groups excluding carboxylic acids is 8. The smallest absolute Gasteiger partial charge is 0.399 e. The van der Waals surface area contributed by atoms with Crippen molar-refractivity contribution in [2.24, 2.45) is 5.41 Å². The Morgan fingerprint density at radius 3 is 2.41 bits per heavy atom. The number of thiophene rings is 1. The Hall–Kier alpha value is -7.63. The highest BCUT2D eigenvalue weighted by molar-refractivity contribution is 7.52. The van der Waals surface area contributed by atoms with E-state index in [0.717, 1.165) is 52.3 Å². The molecule has 0 aliphatic carbocycles. The number of amides is 8. The van der Waals surface area contributed by atoms with E-state index in [-0.39, 0.29) is 72.2 Å². The van der Waals surface area contributed by atoms with Gasteiger partial charge in [0.1, 0.15) is 23.9 Å². The highest BCUT2D eigenvalue weighted by Gasteiger charge is 2.51. The number of hydrogen-bond donors (Lipinski definition) is 5. The fourth-order valence-electron chi connectivity index (χ4n) is 10.3. The summed E-state index contributed by atoms with van der Waals surface area (Å²) in [5.41, 5.74) is -3.01. The molecule has 4 aliphatic rings. The van der Waals surface area contributed by atoms with Gasteiger partial charge in [-0.2, -0.15) is 8.78 Å². The molecule has 0 saturated carbocycles. The number of nitrogens with one attached hydrogen (secondary N) is 3. The lowest BCUT2D eigenvalue weighted by Gasteiger charge is -2.43. The van der Waals surface area contributed by atoms with Gasteiger partial charge in [-0.25, -0.2) is 0 Å². The van der Waals surface area contributed by atoms with E-state index in [1.165, 1.54) is 29.2 Å². The normalized spacial score (nSPS) is 19.0. The minimum absolute atomic E-state index is 0.0108. The number of nitrogens with zero attached hydrogens (tertiary/aromatic N) is 3. The first-order chi connectivity index (χ1) is 37.5. The molecule has 2 fully saturated rings. The molecule has 2 saturated heterocycles. The van der Waals surface area contributed by atoms with Crippen molar-refractivity contribution in [3.05, 3.63) is 135 Å². The third-order valence-corrected chi connectivity index (χ3v) is 16.7. The van der Waals surface area contributed by atoms with Crippen LogP contribution in [-0.4, -0.2) is 116 Å². The molecule has 18 nitrogen and oxygen atoms in total. The highest BCUT2D eigenvalue weighted by atomic mass is 32.1. The van der Waals surface area contributed by atoms with E-state index in [9.17, 15) is 56.7 Å². The van der Waals surface area contributed by atoms with Crippen molar-refractivity contribution in [1.82, 2.24) is 30.7 Å². The van der Waals surface area contributed by atoms with Gasteiger partial charge in [0.2, 0.25) is 23.6 Å². The van der Waals surface area contributed by atoms with Crippen molar-refractivity contribution in [1.29, 1.82) is 0 Å². The molecule has 1 unspecified atom stereocenters. The molecule has 412 valence electrons. The summed E-state index contributed by atoms with van der Waals surface area (Å²) in [6, 6.07) is 20.8. The number of alkyl halides is 2. The lowest BCUT2D eigenvalue weighted by molar-refractivity contribution is -0.150. The highest BCUT2D eigenvalue weighted by Crippen LogP contribution is 2.59. The van der Waals surface area contributed by atoms with Crippen LogP contribution < -0.4 is 20.7 Å². The fourth-order valence-corrected chi connectivity index (χ4v) is 11.8. The van der Waals surface area contributed by atoms with E-state index in [1.54, 1.807) is 49.9 Å². The molecule has 79 heavy (non-hydrogen) atoms. The second-order valence-electron chi connectivity index (χ2n) is 21.1. The van der Waals surface area contributed by atoms with Gasteiger partial charge in [-0.3, -0.25) is 53.1 Å². The molecule has 0 spiro atoms. The third-order valence-electron chi connectivity index (χ3n) is 14.6. The first kappa shape index (κ1) is 56.1. The summed E-state index contributed by atoms with van der Waals surface area (Å²) in [7, 11) is -5.86. The van der Waals surface area contributed by atoms with E-state index in [2.05, 4.69) is 27.8 Å². The van der Waals surface area contributed by atoms with Crippen molar-refractivity contribution in [3.63, 3.8) is 0 Å². The number of piperidine rings is 2. The first-order valence-electron chi connectivity index (χ1n) is 25.8. The van der Waals surface area contributed by atoms with Gasteiger partial charge in [0.05, 0.1) is 16.0 Å². The van der Waals surface area contributed by atoms with E-state index in [4.69, 9.17) is 4.74 Å². The van der Waals surface area contributed by atoms with E-state index in [1.807, 2.05) is 30.3 Å². The van der Waals surface area contributed by atoms with Crippen LogP contribution in [0, 0.1) is 17.3 Å². The second kappa shape index (κ2) is 22.6. The number of benzene rings is 4. The number of unbranched alkanes of at least 4 members (excludes halogenated alkanes) is 1. The van der Waals surface area contributed by atoms with Crippen LogP contribution in [0.15, 0.2) is 91.0 Å². The zero-order valence-electron chi connectivity index (χ0n) is 43.4. The lowest BCUT2D eigenvalue weighted by Crippen LogP contribution is -2.61. The van der Waals surface area contributed by atoms with Crippen molar-refractivity contribution >= 4 is 76.3 Å². The molecule has 5 N–H and O–H groups in total. The second-order valence-corrected chi connectivity index (χ2v) is 23.9. The monoisotopic (exact) mass is 1120 g/mol. The van der Waals surface area contributed by atoms with Crippen LogP contribution in [0.4, 0.5) is 8.78 Å². The maximum absolute atomic E-state index is 15.2. The number of hydrogen-bond acceptors (Lipinski definition) is 11. The van der Waals surface area contributed by atoms with Gasteiger partial charge in [-0.1, -0.05) is 75.1 Å². The topological polar surface area (TPSA) is 249 Å². The van der Waals surface area contributed by atoms with Crippen LogP contribution in [0.5, 0.6) is 5.75 Å². The summed E-state index contributed by atoms with van der Waals surface area (Å²) in [6.45, 7) is 6.10. The Bertz CT molecular complexity index is 3420. The van der Waals surface area contributed by atoms with Gasteiger partial charge in [0.25, 0.3) is 23.6 Å². The minimum Gasteiger partial charge on any atom is -0.484 e. The molecule has 4 aliphatic heterocycles. The number of rotatable bonds is 14. The molecule has 1 aromatic heterocycles. The lowest BCUT2D eigenvalue weighted by atomic mass is 9.83. The van der Waals surface area contributed by atoms with E-state index >= 15 is 4.79 Å². The van der Waals surface area contributed by atoms with Gasteiger partial charge < -0.3 is 35.0 Å². The first-order valence-corrected chi connectivity index (χ1v) is 28.2. The van der Waals surface area contributed by atoms with Gasteiger partial charge in [0, 0.05) is 67.2 Å². The summed E-state index contributed by atoms with van der Waals surface area (Å²) < 4.78 is 47.2. The van der Waals surface area contributed by atoms with Crippen LogP contribution in [0.25, 0.3) is 10.1 Å². The standard InChI is InChI=1S/C57H57F2N6O12PS/c1-56(2,3)49(62-51(69)46-29-37-26-39(17-21-45(37)79-46)57(58,59)78(74,75)76)55(73)64-31-38-27-40(18-16-35(38)28-44(64)54(72)63-24-10-14-36(30-63)34-12-7-4-8-13-34)77-32-48(67)60-23-9-5-6-11-33-15-19-41-42(25-33)53(71)65(52(41)70)43-20-22-47(66)61-50(43)68/h4,7-8,12-13,15-19,21,25-27,29,36,43-44,49H,5,9-10,14,20,22-24,28,30-32H2,1-3H3,(H,60,67)(H,62,69)(H,61,66,68)(H2,74,75,76)/t36-,43?,44-,49+/m0/s1. The Morgan fingerprint density at radius 2 is 1.67 bits per heavy atom. The van der Waals surface area contributed by atoms with Crippen molar-refractivity contribution in [2.75, 3.05) is 26.2 Å². The largest absolute Gasteiger partial charge is 0.484 e.